The van der Waals surface area contributed by atoms with Crippen molar-refractivity contribution in [2.24, 2.45) is 5.92 Å². The van der Waals surface area contributed by atoms with Crippen molar-refractivity contribution in [1.29, 1.82) is 0 Å². The molecule has 2 aromatic carbocycles. The highest BCUT2D eigenvalue weighted by Crippen LogP contribution is 2.27. The standard InChI is InChI=1S/C25H33N3O2/c1-18(2)22(26-23(29)20-10-8-9-19(3)17-20)24(30)28-15-13-25(4,14-16-28)27-21-11-6-5-7-12-21/h5-12,17-18,22,27H,13-16H2,1-4H3,(H,26,29)/t22-/m1/s1. The Balaban J connectivity index is 1.62. The molecular formula is C25H33N3O2. The van der Waals surface area contributed by atoms with Gasteiger partial charge in [0.15, 0.2) is 0 Å². The number of carbonyl (C=O) groups is 2. The van der Waals surface area contributed by atoms with Gasteiger partial charge in [0.2, 0.25) is 5.91 Å². The first-order chi connectivity index (χ1) is 14.3. The fourth-order valence-electron chi connectivity index (χ4n) is 3.94. The van der Waals surface area contributed by atoms with Crippen LogP contribution in [0, 0.1) is 12.8 Å². The Hall–Kier alpha value is -2.82. The van der Waals surface area contributed by atoms with Crippen molar-refractivity contribution in [3.63, 3.8) is 0 Å². The molecule has 3 rings (SSSR count). The van der Waals surface area contributed by atoms with Gasteiger partial charge in [-0.05, 0) is 56.9 Å². The van der Waals surface area contributed by atoms with Crippen molar-refractivity contribution in [2.45, 2.75) is 52.1 Å². The maximum atomic E-state index is 13.2. The lowest BCUT2D eigenvalue weighted by atomic mass is 9.88. The Labute approximate surface area is 179 Å². The fourth-order valence-corrected chi connectivity index (χ4v) is 3.94. The summed E-state index contributed by atoms with van der Waals surface area (Å²) in [6, 6.07) is 17.1. The van der Waals surface area contributed by atoms with E-state index in [9.17, 15) is 9.59 Å². The number of nitrogens with one attached hydrogen (secondary N) is 2. The van der Waals surface area contributed by atoms with Crippen molar-refractivity contribution in [2.75, 3.05) is 18.4 Å². The normalized spacial score (nSPS) is 16.8. The molecule has 0 aromatic heterocycles. The van der Waals surface area contributed by atoms with Crippen LogP contribution in [0.5, 0.6) is 0 Å². The van der Waals surface area contributed by atoms with Crippen LogP contribution in [0.4, 0.5) is 5.69 Å². The summed E-state index contributed by atoms with van der Waals surface area (Å²) >= 11 is 0. The van der Waals surface area contributed by atoms with E-state index in [0.29, 0.717) is 18.7 Å². The zero-order valence-corrected chi connectivity index (χ0v) is 18.4. The molecule has 1 aliphatic heterocycles. The summed E-state index contributed by atoms with van der Waals surface area (Å²) in [5, 5.41) is 6.59. The van der Waals surface area contributed by atoms with E-state index in [1.165, 1.54) is 0 Å². The molecule has 0 radical (unpaired) electrons. The molecule has 0 aliphatic carbocycles. The van der Waals surface area contributed by atoms with Gasteiger partial charge < -0.3 is 15.5 Å². The van der Waals surface area contributed by atoms with E-state index in [1.54, 1.807) is 6.07 Å². The SMILES string of the molecule is Cc1cccc(C(=O)N[C@@H](C(=O)N2CCC(C)(Nc3ccccc3)CC2)C(C)C)c1. The highest BCUT2D eigenvalue weighted by molar-refractivity contribution is 5.97. The molecule has 2 aromatic rings. The topological polar surface area (TPSA) is 61.4 Å². The molecule has 1 aliphatic rings. The fraction of sp³-hybridized carbons (Fsp3) is 0.440. The minimum Gasteiger partial charge on any atom is -0.380 e. The van der Waals surface area contributed by atoms with Crippen molar-refractivity contribution in [3.8, 4) is 0 Å². The smallest absolute Gasteiger partial charge is 0.251 e. The summed E-state index contributed by atoms with van der Waals surface area (Å²) in [4.78, 5) is 27.8. The first-order valence-corrected chi connectivity index (χ1v) is 10.8. The van der Waals surface area contributed by atoms with Crippen LogP contribution in [0.2, 0.25) is 0 Å². The van der Waals surface area contributed by atoms with Crippen molar-refractivity contribution in [1.82, 2.24) is 10.2 Å². The molecule has 2 N–H and O–H groups in total. The number of hydrogen-bond donors (Lipinski definition) is 2. The van der Waals surface area contributed by atoms with E-state index in [2.05, 4.69) is 29.7 Å². The van der Waals surface area contributed by atoms with E-state index in [1.807, 2.05) is 62.1 Å². The molecule has 2 amide bonds. The number of piperidine rings is 1. The summed E-state index contributed by atoms with van der Waals surface area (Å²) in [6.07, 6.45) is 1.73. The van der Waals surface area contributed by atoms with E-state index in [4.69, 9.17) is 0 Å². The molecule has 0 saturated carbocycles. The van der Waals surface area contributed by atoms with Crippen LogP contribution in [0.1, 0.15) is 49.5 Å². The Morgan fingerprint density at radius 1 is 1.00 bits per heavy atom. The zero-order chi connectivity index (χ0) is 21.7. The lowest BCUT2D eigenvalue weighted by molar-refractivity contribution is -0.135. The Morgan fingerprint density at radius 2 is 1.67 bits per heavy atom. The van der Waals surface area contributed by atoms with E-state index < -0.39 is 6.04 Å². The predicted molar refractivity (Wildman–Crippen MR) is 122 cm³/mol. The van der Waals surface area contributed by atoms with Gasteiger partial charge in [-0.25, -0.2) is 0 Å². The lowest BCUT2D eigenvalue weighted by Gasteiger charge is -2.42. The minimum absolute atomic E-state index is 0.00719. The molecule has 1 atom stereocenters. The highest BCUT2D eigenvalue weighted by Gasteiger charge is 2.35. The molecular weight excluding hydrogens is 374 g/mol. The average molecular weight is 408 g/mol. The van der Waals surface area contributed by atoms with E-state index in [-0.39, 0.29) is 23.3 Å². The summed E-state index contributed by atoms with van der Waals surface area (Å²) < 4.78 is 0. The zero-order valence-electron chi connectivity index (χ0n) is 18.4. The van der Waals surface area contributed by atoms with Gasteiger partial charge in [0.1, 0.15) is 6.04 Å². The van der Waals surface area contributed by atoms with Crippen LogP contribution in [-0.2, 0) is 4.79 Å². The molecule has 160 valence electrons. The molecule has 1 fully saturated rings. The van der Waals surface area contributed by atoms with Gasteiger partial charge >= 0.3 is 0 Å². The third kappa shape index (κ3) is 5.41. The number of para-hydroxylation sites is 1. The first-order valence-electron chi connectivity index (χ1n) is 10.8. The maximum absolute atomic E-state index is 13.2. The number of anilines is 1. The second-order valence-electron chi connectivity index (χ2n) is 8.94. The number of benzene rings is 2. The number of aryl methyl sites for hydroxylation is 1. The largest absolute Gasteiger partial charge is 0.380 e. The lowest BCUT2D eigenvalue weighted by Crippen LogP contribution is -2.56. The molecule has 0 spiro atoms. The number of carbonyl (C=O) groups excluding carboxylic acids is 2. The Bertz CT molecular complexity index is 871. The minimum atomic E-state index is -0.524. The van der Waals surface area contributed by atoms with Crippen LogP contribution in [0.15, 0.2) is 54.6 Å². The van der Waals surface area contributed by atoms with Crippen LogP contribution in [0.25, 0.3) is 0 Å². The molecule has 1 heterocycles. The summed E-state index contributed by atoms with van der Waals surface area (Å²) in [6.45, 7) is 9.48. The molecule has 5 nitrogen and oxygen atoms in total. The van der Waals surface area contributed by atoms with Gasteiger partial charge in [0.05, 0.1) is 0 Å². The van der Waals surface area contributed by atoms with Crippen molar-refractivity contribution >= 4 is 17.5 Å². The molecule has 0 unspecified atom stereocenters. The number of rotatable bonds is 6. The monoisotopic (exact) mass is 407 g/mol. The van der Waals surface area contributed by atoms with Gasteiger partial charge in [-0.3, -0.25) is 9.59 Å². The molecule has 1 saturated heterocycles. The van der Waals surface area contributed by atoms with Crippen molar-refractivity contribution in [3.05, 3.63) is 65.7 Å². The first kappa shape index (κ1) is 21.9. The number of nitrogens with zero attached hydrogens (tertiary/aromatic N) is 1. The van der Waals surface area contributed by atoms with Gasteiger partial charge in [-0.15, -0.1) is 0 Å². The summed E-state index contributed by atoms with van der Waals surface area (Å²) in [7, 11) is 0. The van der Waals surface area contributed by atoms with Crippen molar-refractivity contribution < 1.29 is 9.59 Å². The summed E-state index contributed by atoms with van der Waals surface area (Å²) in [5.74, 6) is -0.173. The molecule has 0 bridgehead atoms. The predicted octanol–water partition coefficient (Wildman–Crippen LogP) is 4.24. The average Bonchev–Trinajstić information content (AvgIpc) is 2.72. The Kier molecular flexibility index (Phi) is 6.80. The number of hydrogen-bond acceptors (Lipinski definition) is 3. The van der Waals surface area contributed by atoms with Gasteiger partial charge in [0.25, 0.3) is 5.91 Å². The quantitative estimate of drug-likeness (QED) is 0.753. The number of amides is 2. The van der Waals surface area contributed by atoms with E-state index >= 15 is 0 Å². The van der Waals surface area contributed by atoms with Crippen LogP contribution < -0.4 is 10.6 Å². The van der Waals surface area contributed by atoms with Gasteiger partial charge in [-0.2, -0.15) is 0 Å². The second kappa shape index (κ2) is 9.33. The van der Waals surface area contributed by atoms with Crippen LogP contribution >= 0.6 is 0 Å². The van der Waals surface area contributed by atoms with Gasteiger partial charge in [0, 0.05) is 29.9 Å². The van der Waals surface area contributed by atoms with E-state index in [0.717, 1.165) is 24.1 Å². The molecule has 30 heavy (non-hydrogen) atoms. The second-order valence-corrected chi connectivity index (χ2v) is 8.94. The summed E-state index contributed by atoms with van der Waals surface area (Å²) in [5.41, 5.74) is 2.67. The third-order valence-electron chi connectivity index (χ3n) is 5.90. The van der Waals surface area contributed by atoms with Crippen LogP contribution in [0.3, 0.4) is 0 Å². The Morgan fingerprint density at radius 3 is 2.27 bits per heavy atom. The third-order valence-corrected chi connectivity index (χ3v) is 5.90. The molecule has 5 heteroatoms. The van der Waals surface area contributed by atoms with Crippen LogP contribution in [-0.4, -0.2) is 41.4 Å². The van der Waals surface area contributed by atoms with Gasteiger partial charge in [-0.1, -0.05) is 49.7 Å². The highest BCUT2D eigenvalue weighted by atomic mass is 16.2. The maximum Gasteiger partial charge on any atom is 0.251 e. The number of likely N-dealkylation sites (tertiary alicyclic amines) is 1.